The van der Waals surface area contributed by atoms with E-state index in [0.717, 1.165) is 0 Å². The number of rotatable bonds is 8. The summed E-state index contributed by atoms with van der Waals surface area (Å²) in [6.07, 6.45) is -0.165. The molecule has 27 heavy (non-hydrogen) atoms. The Morgan fingerprint density at radius 3 is 2.22 bits per heavy atom. The molecule has 1 N–H and O–H groups in total. The van der Waals surface area contributed by atoms with E-state index in [9.17, 15) is 19.2 Å². The van der Waals surface area contributed by atoms with Crippen LogP contribution in [0.2, 0.25) is 5.02 Å². The lowest BCUT2D eigenvalue weighted by Crippen LogP contribution is -2.46. The van der Waals surface area contributed by atoms with Gasteiger partial charge in [-0.25, -0.2) is 0 Å². The summed E-state index contributed by atoms with van der Waals surface area (Å²) in [7, 11) is 1.45. The first-order valence-corrected chi connectivity index (χ1v) is 8.85. The second-order valence-corrected chi connectivity index (χ2v) is 7.58. The van der Waals surface area contributed by atoms with E-state index in [0.29, 0.717) is 10.6 Å². The van der Waals surface area contributed by atoms with E-state index in [4.69, 9.17) is 16.3 Å². The lowest BCUT2D eigenvalue weighted by molar-refractivity contribution is -0.152. The summed E-state index contributed by atoms with van der Waals surface area (Å²) in [6.45, 7) is 4.88. The van der Waals surface area contributed by atoms with Crippen LogP contribution in [0.1, 0.15) is 44.0 Å². The number of esters is 1. The molecule has 8 heteroatoms. The summed E-state index contributed by atoms with van der Waals surface area (Å²) in [5.74, 6) is -1.68. The van der Waals surface area contributed by atoms with E-state index in [1.807, 2.05) is 20.8 Å². The summed E-state index contributed by atoms with van der Waals surface area (Å²) in [6, 6.07) is 6.35. The van der Waals surface area contributed by atoms with Gasteiger partial charge < -0.3 is 15.0 Å². The highest BCUT2D eigenvalue weighted by atomic mass is 35.5. The number of hydrogen-bond donors (Lipinski definition) is 1. The zero-order valence-corrected chi connectivity index (χ0v) is 16.8. The molecule has 0 bridgehead atoms. The van der Waals surface area contributed by atoms with Crippen LogP contribution in [0.25, 0.3) is 0 Å². The van der Waals surface area contributed by atoms with E-state index in [1.54, 1.807) is 24.3 Å². The number of carbonyl (C=O) groups is 4. The van der Waals surface area contributed by atoms with Crippen molar-refractivity contribution in [2.75, 3.05) is 20.2 Å². The molecule has 0 atom stereocenters. The molecule has 148 valence electrons. The zero-order valence-electron chi connectivity index (χ0n) is 16.0. The molecule has 0 saturated carbocycles. The average molecular weight is 397 g/mol. The Kier molecular flexibility index (Phi) is 8.43. The van der Waals surface area contributed by atoms with Crippen LogP contribution in [0.3, 0.4) is 0 Å². The second kappa shape index (κ2) is 10.1. The Morgan fingerprint density at radius 2 is 1.67 bits per heavy atom. The third-order valence-corrected chi connectivity index (χ3v) is 3.65. The number of nitrogens with one attached hydrogen (secondary N) is 1. The summed E-state index contributed by atoms with van der Waals surface area (Å²) in [4.78, 5) is 48.6. The quantitative estimate of drug-likeness (QED) is 0.537. The SMILES string of the molecule is CN(CC(=O)NC(C)(C)C)C(=O)COC(=O)CCC(=O)c1ccc(Cl)cc1. The van der Waals surface area contributed by atoms with E-state index >= 15 is 0 Å². The minimum atomic E-state index is -0.654. The number of carbonyl (C=O) groups excluding carboxylic acids is 4. The van der Waals surface area contributed by atoms with Crippen LogP contribution >= 0.6 is 11.6 Å². The summed E-state index contributed by atoms with van der Waals surface area (Å²) < 4.78 is 4.88. The Hall–Kier alpha value is -2.41. The molecule has 0 aliphatic rings. The molecule has 0 aromatic heterocycles. The lowest BCUT2D eigenvalue weighted by Gasteiger charge is -2.23. The molecule has 1 rings (SSSR count). The van der Waals surface area contributed by atoms with E-state index in [-0.39, 0.29) is 31.1 Å². The van der Waals surface area contributed by atoms with Crippen molar-refractivity contribution >= 4 is 35.2 Å². The standard InChI is InChI=1S/C19H25ClN2O5/c1-19(2,3)21-16(24)11-22(4)17(25)12-27-18(26)10-9-15(23)13-5-7-14(20)8-6-13/h5-8H,9-12H2,1-4H3,(H,21,24). The molecule has 2 amide bonds. The molecule has 0 radical (unpaired) electrons. The van der Waals surface area contributed by atoms with E-state index in [2.05, 4.69) is 5.32 Å². The van der Waals surface area contributed by atoms with Gasteiger partial charge in [0.25, 0.3) is 5.91 Å². The van der Waals surface area contributed by atoms with E-state index < -0.39 is 24.0 Å². The van der Waals surface area contributed by atoms with Crippen LogP contribution in [-0.2, 0) is 19.1 Å². The van der Waals surface area contributed by atoms with Crippen LogP contribution in [0.4, 0.5) is 0 Å². The molecule has 0 unspecified atom stereocenters. The highest BCUT2D eigenvalue weighted by Crippen LogP contribution is 2.12. The molecule has 0 heterocycles. The number of nitrogens with zero attached hydrogens (tertiary/aromatic N) is 1. The molecule has 7 nitrogen and oxygen atoms in total. The van der Waals surface area contributed by atoms with Crippen molar-refractivity contribution in [3.05, 3.63) is 34.9 Å². The van der Waals surface area contributed by atoms with Gasteiger partial charge in [0.05, 0.1) is 13.0 Å². The van der Waals surface area contributed by atoms with Crippen LogP contribution in [0.5, 0.6) is 0 Å². The summed E-state index contributed by atoms with van der Waals surface area (Å²) in [5, 5.41) is 3.25. The fraction of sp³-hybridized carbons (Fsp3) is 0.474. The molecule has 0 aliphatic carbocycles. The number of ether oxygens (including phenoxy) is 1. The predicted molar refractivity (Wildman–Crippen MR) is 102 cm³/mol. The van der Waals surface area contributed by atoms with Crippen LogP contribution < -0.4 is 5.32 Å². The van der Waals surface area contributed by atoms with Crippen LogP contribution in [-0.4, -0.2) is 54.2 Å². The number of halogens is 1. The third-order valence-electron chi connectivity index (χ3n) is 3.40. The predicted octanol–water partition coefficient (Wildman–Crippen LogP) is 2.22. The molecule has 0 aliphatic heterocycles. The number of likely N-dealkylation sites (N-methyl/N-ethyl adjacent to an activating group) is 1. The molecule has 0 fully saturated rings. The molecule has 0 spiro atoms. The minimum absolute atomic E-state index is 0.0293. The largest absolute Gasteiger partial charge is 0.456 e. The fourth-order valence-corrected chi connectivity index (χ4v) is 2.21. The van der Waals surface area contributed by atoms with Crippen molar-refractivity contribution in [3.63, 3.8) is 0 Å². The van der Waals surface area contributed by atoms with Crippen molar-refractivity contribution in [2.45, 2.75) is 39.2 Å². The molecule has 1 aromatic carbocycles. The number of ketones is 1. The highest BCUT2D eigenvalue weighted by molar-refractivity contribution is 6.30. The molecule has 1 aromatic rings. The van der Waals surface area contributed by atoms with Gasteiger partial charge in [0, 0.05) is 29.6 Å². The molecule has 0 saturated heterocycles. The maximum absolute atomic E-state index is 12.0. The van der Waals surface area contributed by atoms with Crippen molar-refractivity contribution in [1.29, 1.82) is 0 Å². The maximum Gasteiger partial charge on any atom is 0.306 e. The van der Waals surface area contributed by atoms with Gasteiger partial charge >= 0.3 is 5.97 Å². The Morgan fingerprint density at radius 1 is 1.07 bits per heavy atom. The van der Waals surface area contributed by atoms with Gasteiger partial charge in [-0.1, -0.05) is 11.6 Å². The van der Waals surface area contributed by atoms with Crippen molar-refractivity contribution in [3.8, 4) is 0 Å². The normalized spacial score (nSPS) is 10.9. The maximum atomic E-state index is 12.0. The van der Waals surface area contributed by atoms with Crippen molar-refractivity contribution < 1.29 is 23.9 Å². The molecular formula is C19H25ClN2O5. The van der Waals surface area contributed by atoms with Gasteiger partial charge in [0.1, 0.15) is 0 Å². The van der Waals surface area contributed by atoms with Crippen molar-refractivity contribution in [2.24, 2.45) is 0 Å². The lowest BCUT2D eigenvalue weighted by atomic mass is 10.1. The highest BCUT2D eigenvalue weighted by Gasteiger charge is 2.19. The number of Topliss-reactive ketones (excluding diaryl/α,β-unsaturated/α-hetero) is 1. The van der Waals surface area contributed by atoms with Gasteiger partial charge in [-0.05, 0) is 45.0 Å². The van der Waals surface area contributed by atoms with Gasteiger partial charge in [-0.2, -0.15) is 0 Å². The first-order chi connectivity index (χ1) is 12.5. The Labute approximate surface area is 164 Å². The minimum Gasteiger partial charge on any atom is -0.456 e. The first kappa shape index (κ1) is 22.6. The monoisotopic (exact) mass is 396 g/mol. The number of hydrogen-bond acceptors (Lipinski definition) is 5. The van der Waals surface area contributed by atoms with Gasteiger partial charge in [0.2, 0.25) is 5.91 Å². The van der Waals surface area contributed by atoms with Gasteiger partial charge in [-0.15, -0.1) is 0 Å². The number of amides is 2. The first-order valence-electron chi connectivity index (χ1n) is 8.47. The van der Waals surface area contributed by atoms with Crippen LogP contribution in [0, 0.1) is 0 Å². The van der Waals surface area contributed by atoms with Gasteiger partial charge in [0.15, 0.2) is 12.4 Å². The number of benzene rings is 1. The van der Waals surface area contributed by atoms with Gasteiger partial charge in [-0.3, -0.25) is 19.2 Å². The second-order valence-electron chi connectivity index (χ2n) is 7.14. The van der Waals surface area contributed by atoms with Crippen LogP contribution in [0.15, 0.2) is 24.3 Å². The Bertz CT molecular complexity index is 695. The smallest absolute Gasteiger partial charge is 0.306 e. The van der Waals surface area contributed by atoms with E-state index in [1.165, 1.54) is 11.9 Å². The fourth-order valence-electron chi connectivity index (χ4n) is 2.08. The summed E-state index contributed by atoms with van der Waals surface area (Å²) >= 11 is 5.76. The zero-order chi connectivity index (χ0) is 20.6. The van der Waals surface area contributed by atoms with Crippen molar-refractivity contribution in [1.82, 2.24) is 10.2 Å². The Balaban J connectivity index is 2.34. The summed E-state index contributed by atoms with van der Waals surface area (Å²) in [5.41, 5.74) is 0.0530. The third kappa shape index (κ3) is 9.19. The molecular weight excluding hydrogens is 372 g/mol. The average Bonchev–Trinajstić information content (AvgIpc) is 2.56. The topological polar surface area (TPSA) is 92.8 Å².